The topological polar surface area (TPSA) is 161 Å². The van der Waals surface area contributed by atoms with Gasteiger partial charge in [0.05, 0.1) is 6.54 Å². The van der Waals surface area contributed by atoms with E-state index in [9.17, 15) is 29.4 Å². The van der Waals surface area contributed by atoms with Gasteiger partial charge in [-0.1, -0.05) is 29.8 Å². The average Bonchev–Trinajstić information content (AvgIpc) is 2.81. The van der Waals surface area contributed by atoms with E-state index in [1.165, 1.54) is 0 Å². The average molecular weight is 507 g/mol. The Morgan fingerprint density at radius 1 is 1.06 bits per heavy atom. The highest BCUT2D eigenvalue weighted by atomic mass is 35.5. The second-order valence-corrected chi connectivity index (χ2v) is 8.85. The van der Waals surface area contributed by atoms with Gasteiger partial charge in [-0.15, -0.1) is 0 Å². The fraction of sp³-hybridized carbons (Fsp3) is 0.391. The van der Waals surface area contributed by atoms with Crippen molar-refractivity contribution in [1.29, 1.82) is 0 Å². The third-order valence-corrected chi connectivity index (χ3v) is 6.31. The molecule has 1 fully saturated rings. The quantitative estimate of drug-likeness (QED) is 0.352. The number of carbonyl (C=O) groups excluding carboxylic acids is 2. The van der Waals surface area contributed by atoms with Gasteiger partial charge in [0, 0.05) is 11.6 Å². The van der Waals surface area contributed by atoms with E-state index in [0.29, 0.717) is 5.56 Å². The van der Waals surface area contributed by atoms with Gasteiger partial charge in [-0.05, 0) is 50.5 Å². The number of hydrogen-bond donors (Lipinski definition) is 5. The molecular weight excluding hydrogens is 480 g/mol. The molecule has 1 saturated heterocycles. The zero-order valence-corrected chi connectivity index (χ0v) is 19.8. The normalized spacial score (nSPS) is 14.5. The number of pyridine rings is 1. The Kier molecular flexibility index (Phi) is 8.36. The highest BCUT2D eigenvalue weighted by Gasteiger charge is 2.30. The number of carboxylic acids is 1. The molecule has 188 valence electrons. The Morgan fingerprint density at radius 3 is 2.31 bits per heavy atom. The Bertz CT molecular complexity index is 1190. The second kappa shape index (κ2) is 11.2. The van der Waals surface area contributed by atoms with E-state index < -0.39 is 52.6 Å². The second-order valence-electron chi connectivity index (χ2n) is 8.44. The summed E-state index contributed by atoms with van der Waals surface area (Å²) in [5.41, 5.74) is -2.15. The van der Waals surface area contributed by atoms with Crippen LogP contribution < -0.4 is 16.2 Å². The number of amides is 2. The minimum absolute atomic E-state index is 0.179. The van der Waals surface area contributed by atoms with Crippen LogP contribution in [0.1, 0.15) is 39.1 Å². The number of aromatic nitrogens is 1. The molecule has 2 amide bonds. The molecule has 2 aromatic rings. The van der Waals surface area contributed by atoms with Gasteiger partial charge in [0.2, 0.25) is 5.88 Å². The summed E-state index contributed by atoms with van der Waals surface area (Å²) in [6, 6.07) is 6.47. The summed E-state index contributed by atoms with van der Waals surface area (Å²) in [6.07, 6.45) is 1.69. The Hall–Kier alpha value is -3.57. The molecule has 5 N–H and O–H groups in total. The molecular formula is C23H27ClN4O7. The van der Waals surface area contributed by atoms with Gasteiger partial charge in [0.1, 0.15) is 17.7 Å². The van der Waals surface area contributed by atoms with Crippen LogP contribution in [-0.2, 0) is 11.3 Å². The Morgan fingerprint density at radius 2 is 1.69 bits per heavy atom. The van der Waals surface area contributed by atoms with Crippen molar-refractivity contribution in [3.8, 4) is 11.6 Å². The van der Waals surface area contributed by atoms with E-state index in [-0.39, 0.29) is 24.0 Å². The summed E-state index contributed by atoms with van der Waals surface area (Å²) in [5.74, 6) is -5.23. The van der Waals surface area contributed by atoms with Crippen molar-refractivity contribution < 1.29 is 29.7 Å². The molecule has 1 aliphatic rings. The largest absolute Gasteiger partial charge is 0.506 e. The third kappa shape index (κ3) is 6.11. The van der Waals surface area contributed by atoms with E-state index in [0.717, 1.165) is 30.5 Å². The maximum atomic E-state index is 13.2. The zero-order valence-electron chi connectivity index (χ0n) is 19.1. The fourth-order valence-electron chi connectivity index (χ4n) is 3.89. The smallest absolute Gasteiger partial charge is 0.322 e. The maximum absolute atomic E-state index is 13.2. The first-order valence-electron chi connectivity index (χ1n) is 11.0. The predicted octanol–water partition coefficient (Wildman–Crippen LogP) is 0.847. The van der Waals surface area contributed by atoms with Crippen molar-refractivity contribution in [1.82, 2.24) is 20.1 Å². The third-order valence-electron chi connectivity index (χ3n) is 5.94. The number of nitrogens with zero attached hydrogens (tertiary/aromatic N) is 2. The summed E-state index contributed by atoms with van der Waals surface area (Å²) >= 11 is 6.17. The lowest BCUT2D eigenvalue weighted by Crippen LogP contribution is -2.40. The SMILES string of the molecule is CN1CCC(CNC(=O)c2c(O)c(C(=O)NCC(=O)O)c(O)n(Cc3ccccc3Cl)c2=O)CC1. The molecule has 2 heterocycles. The zero-order chi connectivity index (χ0) is 25.7. The number of benzene rings is 1. The highest BCUT2D eigenvalue weighted by Crippen LogP contribution is 2.29. The molecule has 1 aromatic heterocycles. The number of likely N-dealkylation sites (tertiary alicyclic amines) is 1. The minimum atomic E-state index is -1.36. The van der Waals surface area contributed by atoms with Crippen LogP contribution in [0.25, 0.3) is 0 Å². The predicted molar refractivity (Wildman–Crippen MR) is 127 cm³/mol. The summed E-state index contributed by atoms with van der Waals surface area (Å²) in [7, 11) is 2.00. The lowest BCUT2D eigenvalue weighted by atomic mass is 9.97. The molecule has 0 spiro atoms. The first-order chi connectivity index (χ1) is 16.6. The molecule has 3 rings (SSSR count). The van der Waals surface area contributed by atoms with Crippen LogP contribution in [-0.4, -0.2) is 75.8 Å². The van der Waals surface area contributed by atoms with Crippen LogP contribution in [0, 0.1) is 5.92 Å². The first kappa shape index (κ1) is 26.0. The lowest BCUT2D eigenvalue weighted by molar-refractivity contribution is -0.135. The summed E-state index contributed by atoms with van der Waals surface area (Å²) in [6.45, 7) is 0.878. The highest BCUT2D eigenvalue weighted by molar-refractivity contribution is 6.31. The molecule has 0 aliphatic carbocycles. The van der Waals surface area contributed by atoms with Crippen molar-refractivity contribution in [2.75, 3.05) is 33.2 Å². The van der Waals surface area contributed by atoms with Gasteiger partial charge in [-0.2, -0.15) is 0 Å². The molecule has 0 radical (unpaired) electrons. The lowest BCUT2D eigenvalue weighted by Gasteiger charge is -2.29. The number of halogens is 1. The molecule has 1 aromatic carbocycles. The maximum Gasteiger partial charge on any atom is 0.322 e. The van der Waals surface area contributed by atoms with Gasteiger partial charge < -0.3 is 30.9 Å². The molecule has 0 bridgehead atoms. The molecule has 0 atom stereocenters. The molecule has 11 nitrogen and oxygen atoms in total. The number of aromatic hydroxyl groups is 2. The monoisotopic (exact) mass is 506 g/mol. The number of nitrogens with one attached hydrogen (secondary N) is 2. The van der Waals surface area contributed by atoms with Crippen molar-refractivity contribution in [3.63, 3.8) is 0 Å². The van der Waals surface area contributed by atoms with Crippen LogP contribution in [0.5, 0.6) is 11.6 Å². The molecule has 0 unspecified atom stereocenters. The van der Waals surface area contributed by atoms with Crippen molar-refractivity contribution in [3.05, 3.63) is 56.3 Å². The van der Waals surface area contributed by atoms with Crippen LogP contribution in [0.2, 0.25) is 5.02 Å². The Balaban J connectivity index is 2.00. The van der Waals surface area contributed by atoms with Crippen LogP contribution in [0.3, 0.4) is 0 Å². The summed E-state index contributed by atoms with van der Waals surface area (Å²) < 4.78 is 0.737. The van der Waals surface area contributed by atoms with Crippen LogP contribution in [0.4, 0.5) is 0 Å². The summed E-state index contributed by atoms with van der Waals surface area (Å²) in [5, 5.41) is 35.2. The number of carbonyl (C=O) groups is 3. The minimum Gasteiger partial charge on any atom is -0.506 e. The van der Waals surface area contributed by atoms with Crippen molar-refractivity contribution in [2.45, 2.75) is 19.4 Å². The van der Waals surface area contributed by atoms with E-state index in [4.69, 9.17) is 16.7 Å². The van der Waals surface area contributed by atoms with Gasteiger partial charge in [0.25, 0.3) is 17.4 Å². The molecule has 35 heavy (non-hydrogen) atoms. The van der Waals surface area contributed by atoms with Crippen molar-refractivity contribution >= 4 is 29.4 Å². The van der Waals surface area contributed by atoms with Crippen molar-refractivity contribution in [2.24, 2.45) is 5.92 Å². The number of aliphatic carboxylic acids is 1. The van der Waals surface area contributed by atoms with Gasteiger partial charge in [-0.25, -0.2) is 0 Å². The van der Waals surface area contributed by atoms with Crippen LogP contribution >= 0.6 is 11.6 Å². The standard InChI is InChI=1S/C23H27ClN4O7/c1-27-8-6-13(7-9-27)10-25-20(32)17-19(31)18(21(33)26-11-16(29)30)23(35)28(22(17)34)12-14-4-2-3-5-15(14)24/h2-5,13,31,35H,6-12H2,1H3,(H,25,32)(H,26,33)(H,29,30). The van der Waals surface area contributed by atoms with E-state index in [1.54, 1.807) is 24.3 Å². The Labute approximate surface area is 205 Å². The number of carboxylic acid groups (broad SMARTS) is 1. The number of piperidine rings is 1. The van der Waals surface area contributed by atoms with Crippen LogP contribution in [0.15, 0.2) is 29.1 Å². The van der Waals surface area contributed by atoms with E-state index in [2.05, 4.69) is 10.2 Å². The summed E-state index contributed by atoms with van der Waals surface area (Å²) in [4.78, 5) is 51.8. The van der Waals surface area contributed by atoms with Gasteiger partial charge >= 0.3 is 5.97 Å². The first-order valence-corrected chi connectivity index (χ1v) is 11.4. The fourth-order valence-corrected chi connectivity index (χ4v) is 4.09. The number of hydrogen-bond acceptors (Lipinski definition) is 7. The van der Waals surface area contributed by atoms with E-state index >= 15 is 0 Å². The molecule has 0 saturated carbocycles. The van der Waals surface area contributed by atoms with E-state index in [1.807, 2.05) is 12.4 Å². The molecule has 12 heteroatoms. The number of rotatable bonds is 8. The molecule has 1 aliphatic heterocycles. The van der Waals surface area contributed by atoms with Gasteiger partial charge in [0.15, 0.2) is 5.75 Å². The van der Waals surface area contributed by atoms with Gasteiger partial charge in [-0.3, -0.25) is 23.7 Å².